The van der Waals surface area contributed by atoms with Gasteiger partial charge in [-0.15, -0.1) is 0 Å². The van der Waals surface area contributed by atoms with Crippen molar-refractivity contribution in [3.8, 4) is 0 Å². The summed E-state index contributed by atoms with van der Waals surface area (Å²) in [5.41, 5.74) is 4.54. The number of carbonyl (C=O) groups excluding carboxylic acids is 1. The van der Waals surface area contributed by atoms with Crippen LogP contribution in [0.15, 0.2) is 103 Å². The molecule has 4 aromatic rings. The van der Waals surface area contributed by atoms with Crippen molar-refractivity contribution in [1.29, 1.82) is 0 Å². The number of amides is 1. The number of aromatic nitrogens is 2. The quantitative estimate of drug-likeness (QED) is 0.320. The number of rotatable bonds is 6. The summed E-state index contributed by atoms with van der Waals surface area (Å²) in [6.45, 7) is 2.05. The SMILES string of the molecule is Cc1c(C=CC(=O)N(C)C)ncn1C(c1ccccc1)(c1ccccc1)c1ccccc1. The Kier molecular flexibility index (Phi) is 6.04. The zero-order valence-corrected chi connectivity index (χ0v) is 18.6. The lowest BCUT2D eigenvalue weighted by Crippen LogP contribution is -2.38. The van der Waals surface area contributed by atoms with E-state index in [1.165, 1.54) is 0 Å². The van der Waals surface area contributed by atoms with Crippen LogP contribution in [0.1, 0.15) is 28.1 Å². The third-order valence-corrected chi connectivity index (χ3v) is 5.80. The molecule has 4 nitrogen and oxygen atoms in total. The van der Waals surface area contributed by atoms with Crippen molar-refractivity contribution >= 4 is 12.0 Å². The average molecular weight is 422 g/mol. The summed E-state index contributed by atoms with van der Waals surface area (Å²) in [7, 11) is 3.48. The fourth-order valence-electron chi connectivity index (χ4n) is 4.18. The topological polar surface area (TPSA) is 38.1 Å². The molecule has 0 aliphatic heterocycles. The Morgan fingerprint density at radius 3 is 1.66 bits per heavy atom. The van der Waals surface area contributed by atoms with Crippen molar-refractivity contribution < 1.29 is 4.79 Å². The molecule has 0 aliphatic carbocycles. The number of benzene rings is 3. The highest BCUT2D eigenvalue weighted by Crippen LogP contribution is 2.41. The van der Waals surface area contributed by atoms with Gasteiger partial charge in [-0.2, -0.15) is 0 Å². The van der Waals surface area contributed by atoms with Gasteiger partial charge in [0.15, 0.2) is 0 Å². The van der Waals surface area contributed by atoms with Gasteiger partial charge in [-0.25, -0.2) is 4.98 Å². The smallest absolute Gasteiger partial charge is 0.246 e. The second-order valence-corrected chi connectivity index (χ2v) is 7.96. The van der Waals surface area contributed by atoms with Crippen LogP contribution < -0.4 is 0 Å². The van der Waals surface area contributed by atoms with E-state index in [4.69, 9.17) is 4.98 Å². The molecule has 32 heavy (non-hydrogen) atoms. The van der Waals surface area contributed by atoms with Crippen LogP contribution in [0, 0.1) is 6.92 Å². The molecule has 0 N–H and O–H groups in total. The van der Waals surface area contributed by atoms with Crippen LogP contribution in [0.2, 0.25) is 0 Å². The Morgan fingerprint density at radius 1 is 0.812 bits per heavy atom. The molecule has 160 valence electrons. The maximum Gasteiger partial charge on any atom is 0.246 e. The summed E-state index contributed by atoms with van der Waals surface area (Å²) in [6, 6.07) is 31.5. The lowest BCUT2D eigenvalue weighted by atomic mass is 9.76. The highest BCUT2D eigenvalue weighted by Gasteiger charge is 2.39. The van der Waals surface area contributed by atoms with Gasteiger partial charge >= 0.3 is 0 Å². The molecular formula is C28H27N3O. The van der Waals surface area contributed by atoms with Crippen molar-refractivity contribution in [3.63, 3.8) is 0 Å². The first kappa shape index (κ1) is 21.3. The Bertz CT molecular complexity index is 1110. The molecule has 0 saturated carbocycles. The van der Waals surface area contributed by atoms with Gasteiger partial charge < -0.3 is 9.47 Å². The van der Waals surface area contributed by atoms with E-state index in [2.05, 4.69) is 84.3 Å². The van der Waals surface area contributed by atoms with Gasteiger partial charge in [0, 0.05) is 25.9 Å². The molecule has 0 unspecified atom stereocenters. The summed E-state index contributed by atoms with van der Waals surface area (Å²) in [4.78, 5) is 18.3. The molecule has 0 fully saturated rings. The van der Waals surface area contributed by atoms with Gasteiger partial charge in [-0.3, -0.25) is 4.79 Å². The standard InChI is InChI=1S/C28H27N3O/c1-22-26(19-20-27(32)30(2)3)29-21-31(22)28(23-13-7-4-8-14-23,24-15-9-5-10-16-24)25-17-11-6-12-18-25/h4-21H,1-3H3. The third kappa shape index (κ3) is 3.76. The van der Waals surface area contributed by atoms with Crippen molar-refractivity contribution in [2.24, 2.45) is 0 Å². The normalized spacial score (nSPS) is 11.6. The molecular weight excluding hydrogens is 394 g/mol. The zero-order valence-electron chi connectivity index (χ0n) is 18.6. The maximum atomic E-state index is 12.1. The van der Waals surface area contributed by atoms with E-state index in [0.29, 0.717) is 0 Å². The fourth-order valence-corrected chi connectivity index (χ4v) is 4.18. The third-order valence-electron chi connectivity index (χ3n) is 5.80. The summed E-state index contributed by atoms with van der Waals surface area (Å²) in [5.74, 6) is -0.0700. The van der Waals surface area contributed by atoms with Crippen molar-refractivity contribution in [1.82, 2.24) is 14.5 Å². The molecule has 0 saturated heterocycles. The minimum absolute atomic E-state index is 0.0700. The monoisotopic (exact) mass is 421 g/mol. The zero-order chi connectivity index (χ0) is 22.6. The second-order valence-electron chi connectivity index (χ2n) is 7.96. The number of likely N-dealkylation sites (N-methyl/N-ethyl adjacent to an activating group) is 1. The van der Waals surface area contributed by atoms with Crippen molar-refractivity contribution in [2.45, 2.75) is 12.5 Å². The predicted molar refractivity (Wildman–Crippen MR) is 129 cm³/mol. The van der Waals surface area contributed by atoms with Crippen LogP contribution in [0.3, 0.4) is 0 Å². The second kappa shape index (κ2) is 9.06. The first-order chi connectivity index (χ1) is 15.5. The minimum atomic E-state index is -0.613. The van der Waals surface area contributed by atoms with Crippen LogP contribution in [0.5, 0.6) is 0 Å². The molecule has 0 radical (unpaired) electrons. The van der Waals surface area contributed by atoms with Crippen LogP contribution >= 0.6 is 0 Å². The fraction of sp³-hybridized carbons (Fsp3) is 0.143. The Morgan fingerprint density at radius 2 is 1.25 bits per heavy atom. The van der Waals surface area contributed by atoms with Gasteiger partial charge in [-0.1, -0.05) is 91.0 Å². The minimum Gasteiger partial charge on any atom is -0.345 e. The molecule has 3 aromatic carbocycles. The highest BCUT2D eigenvalue weighted by atomic mass is 16.2. The molecule has 1 heterocycles. The first-order valence-corrected chi connectivity index (χ1v) is 10.7. The van der Waals surface area contributed by atoms with Crippen LogP contribution in [-0.2, 0) is 10.3 Å². The van der Waals surface area contributed by atoms with Crippen LogP contribution in [0.4, 0.5) is 0 Å². The van der Waals surface area contributed by atoms with Crippen LogP contribution in [-0.4, -0.2) is 34.5 Å². The van der Waals surface area contributed by atoms with Crippen molar-refractivity contribution in [3.05, 3.63) is 131 Å². The molecule has 4 heteroatoms. The van der Waals surface area contributed by atoms with E-state index in [-0.39, 0.29) is 5.91 Å². The molecule has 1 amide bonds. The van der Waals surface area contributed by atoms with E-state index in [1.54, 1.807) is 31.1 Å². The lowest BCUT2D eigenvalue weighted by Gasteiger charge is -2.38. The first-order valence-electron chi connectivity index (χ1n) is 10.7. The van der Waals surface area contributed by atoms with E-state index < -0.39 is 5.54 Å². The Balaban J connectivity index is 2.01. The summed E-state index contributed by atoms with van der Waals surface area (Å²) < 4.78 is 2.22. The Hall–Kier alpha value is -3.92. The van der Waals surface area contributed by atoms with Gasteiger partial charge in [0.1, 0.15) is 5.54 Å². The summed E-state index contributed by atoms with van der Waals surface area (Å²) in [5, 5.41) is 0. The largest absolute Gasteiger partial charge is 0.345 e. The molecule has 0 atom stereocenters. The number of imidazole rings is 1. The van der Waals surface area contributed by atoms with Gasteiger partial charge in [0.25, 0.3) is 0 Å². The van der Waals surface area contributed by atoms with E-state index in [9.17, 15) is 4.79 Å². The summed E-state index contributed by atoms with van der Waals surface area (Å²) in [6.07, 6.45) is 5.23. The van der Waals surface area contributed by atoms with E-state index in [1.807, 2.05) is 24.5 Å². The molecule has 0 bridgehead atoms. The van der Waals surface area contributed by atoms with Gasteiger partial charge in [0.05, 0.1) is 12.0 Å². The maximum absolute atomic E-state index is 12.1. The lowest BCUT2D eigenvalue weighted by molar-refractivity contribution is -0.123. The van der Waals surface area contributed by atoms with Gasteiger partial charge in [-0.05, 0) is 29.7 Å². The van der Waals surface area contributed by atoms with Gasteiger partial charge in [0.2, 0.25) is 5.91 Å². The number of nitrogens with zero attached hydrogens (tertiary/aromatic N) is 3. The van der Waals surface area contributed by atoms with Crippen molar-refractivity contribution in [2.75, 3.05) is 14.1 Å². The highest BCUT2D eigenvalue weighted by molar-refractivity contribution is 5.91. The van der Waals surface area contributed by atoms with E-state index in [0.717, 1.165) is 28.1 Å². The number of carbonyl (C=O) groups is 1. The number of hydrogen-bond donors (Lipinski definition) is 0. The molecule has 0 aliphatic rings. The van der Waals surface area contributed by atoms with Crippen LogP contribution in [0.25, 0.3) is 6.08 Å². The van der Waals surface area contributed by atoms with E-state index >= 15 is 0 Å². The Labute approximate surface area is 189 Å². The average Bonchev–Trinajstić information content (AvgIpc) is 3.20. The molecule has 4 rings (SSSR count). The summed E-state index contributed by atoms with van der Waals surface area (Å²) >= 11 is 0. The number of hydrogen-bond acceptors (Lipinski definition) is 2. The molecule has 1 aromatic heterocycles. The molecule has 0 spiro atoms. The predicted octanol–water partition coefficient (Wildman–Crippen LogP) is 5.13.